The summed E-state index contributed by atoms with van der Waals surface area (Å²) in [4.78, 5) is 0. The zero-order valence-electron chi connectivity index (χ0n) is 7.85. The first-order chi connectivity index (χ1) is 7.34. The second-order valence-corrected chi connectivity index (χ2v) is 2.87. The highest BCUT2D eigenvalue weighted by Gasteiger charge is 2.06. The lowest BCUT2D eigenvalue weighted by atomic mass is 10.2. The van der Waals surface area contributed by atoms with E-state index in [9.17, 15) is 4.48 Å². The fourth-order valence-corrected chi connectivity index (χ4v) is 1.09. The summed E-state index contributed by atoms with van der Waals surface area (Å²) in [5, 5.41) is 3.47. The number of hydrazine groups is 1. The highest BCUT2D eigenvalue weighted by Crippen LogP contribution is 2.03. The molecular weight excluding hydrogens is 197 g/mol. The number of halogens is 1. The molecule has 1 aliphatic rings. The molecule has 1 N–H and O–H groups in total. The molecule has 1 aliphatic heterocycles. The molecule has 1 radical (unpaired) electrons. The SMILES string of the molecule is FN1N=C(OCc2ccccc2)C=[C]N1. The summed E-state index contributed by atoms with van der Waals surface area (Å²) in [7, 11) is 0. The van der Waals surface area contributed by atoms with Gasteiger partial charge >= 0.3 is 0 Å². The van der Waals surface area contributed by atoms with Crippen LogP contribution in [-0.2, 0) is 11.3 Å². The number of hydrazone groups is 1. The number of nitrogens with zero attached hydrogens (tertiary/aromatic N) is 2. The third kappa shape index (κ3) is 2.70. The summed E-state index contributed by atoms with van der Waals surface area (Å²) in [6.45, 7) is 0.353. The Morgan fingerprint density at radius 1 is 1.40 bits per heavy atom. The van der Waals surface area contributed by atoms with Crippen molar-refractivity contribution in [2.24, 2.45) is 5.10 Å². The molecule has 15 heavy (non-hydrogen) atoms. The average Bonchev–Trinajstić information content (AvgIpc) is 2.28. The quantitative estimate of drug-likeness (QED) is 0.746. The Morgan fingerprint density at radius 3 is 2.93 bits per heavy atom. The van der Waals surface area contributed by atoms with Crippen molar-refractivity contribution >= 4 is 5.90 Å². The van der Waals surface area contributed by atoms with Gasteiger partial charge in [0.15, 0.2) is 0 Å². The molecule has 1 aromatic carbocycles. The molecular formula is C10H9FN3O. The summed E-state index contributed by atoms with van der Waals surface area (Å²) in [6.07, 6.45) is 3.87. The van der Waals surface area contributed by atoms with Gasteiger partial charge in [-0.15, -0.1) is 0 Å². The van der Waals surface area contributed by atoms with E-state index in [1.807, 2.05) is 30.3 Å². The Kier molecular flexibility index (Phi) is 2.82. The Labute approximate surface area is 86.6 Å². The van der Waals surface area contributed by atoms with Crippen LogP contribution in [0.1, 0.15) is 5.56 Å². The number of nitrogens with one attached hydrogen (secondary N) is 1. The Hall–Kier alpha value is -2.04. The minimum atomic E-state index is 0.0420. The van der Waals surface area contributed by atoms with E-state index in [1.165, 1.54) is 6.08 Å². The first-order valence-corrected chi connectivity index (χ1v) is 4.40. The summed E-state index contributed by atoms with van der Waals surface area (Å²) in [5.74, 6) is 0.181. The first-order valence-electron chi connectivity index (χ1n) is 4.40. The third-order valence-electron chi connectivity index (χ3n) is 1.77. The van der Waals surface area contributed by atoms with Gasteiger partial charge in [0.05, 0.1) is 6.20 Å². The molecule has 0 amide bonds. The standard InChI is InChI=1S/C10H9FN3O/c11-14-12-7-6-10(13-14)15-8-9-4-2-1-3-5-9/h1-6,12H,8H2. The minimum absolute atomic E-state index is 0.0420. The van der Waals surface area contributed by atoms with E-state index < -0.39 is 0 Å². The summed E-state index contributed by atoms with van der Waals surface area (Å²) in [5.41, 5.74) is 3.10. The summed E-state index contributed by atoms with van der Waals surface area (Å²) in [6, 6.07) is 9.58. The molecule has 5 heteroatoms. The maximum atomic E-state index is 12.5. The van der Waals surface area contributed by atoms with E-state index in [-0.39, 0.29) is 11.2 Å². The van der Waals surface area contributed by atoms with Crippen LogP contribution in [0.25, 0.3) is 0 Å². The molecule has 0 bridgehead atoms. The van der Waals surface area contributed by atoms with Crippen molar-refractivity contribution in [2.45, 2.75) is 6.61 Å². The monoisotopic (exact) mass is 206 g/mol. The van der Waals surface area contributed by atoms with E-state index in [4.69, 9.17) is 4.74 Å². The first kappa shape index (κ1) is 9.51. The van der Waals surface area contributed by atoms with Crippen molar-refractivity contribution in [3.05, 3.63) is 48.2 Å². The van der Waals surface area contributed by atoms with Gasteiger partial charge in [0.1, 0.15) is 6.61 Å². The molecule has 0 saturated heterocycles. The van der Waals surface area contributed by atoms with Gasteiger partial charge in [0.2, 0.25) is 5.90 Å². The predicted molar refractivity (Wildman–Crippen MR) is 52.6 cm³/mol. The maximum Gasteiger partial charge on any atom is 0.238 e. The topological polar surface area (TPSA) is 36.9 Å². The predicted octanol–water partition coefficient (Wildman–Crippen LogP) is 1.54. The van der Waals surface area contributed by atoms with Gasteiger partial charge in [-0.3, -0.25) is 5.43 Å². The lowest BCUT2D eigenvalue weighted by molar-refractivity contribution is -0.0212. The molecule has 0 spiro atoms. The van der Waals surface area contributed by atoms with E-state index >= 15 is 0 Å². The minimum Gasteiger partial charge on any atom is -0.472 e. The number of hydrogen-bond acceptors (Lipinski definition) is 4. The summed E-state index contributed by atoms with van der Waals surface area (Å²) < 4.78 is 17.8. The second-order valence-electron chi connectivity index (χ2n) is 2.87. The number of hydrogen-bond donors (Lipinski definition) is 1. The van der Waals surface area contributed by atoms with Crippen LogP contribution in [0.3, 0.4) is 0 Å². The fourth-order valence-electron chi connectivity index (χ4n) is 1.09. The van der Waals surface area contributed by atoms with Gasteiger partial charge in [0.25, 0.3) is 0 Å². The third-order valence-corrected chi connectivity index (χ3v) is 1.77. The fraction of sp³-hybridized carbons (Fsp3) is 0.100. The van der Waals surface area contributed by atoms with Crippen molar-refractivity contribution in [2.75, 3.05) is 0 Å². The Morgan fingerprint density at radius 2 is 2.20 bits per heavy atom. The Bertz CT molecular complexity index is 378. The van der Waals surface area contributed by atoms with Crippen LogP contribution in [0.15, 0.2) is 41.5 Å². The largest absolute Gasteiger partial charge is 0.472 e. The second kappa shape index (κ2) is 4.45. The zero-order valence-corrected chi connectivity index (χ0v) is 7.85. The number of benzene rings is 1. The molecule has 77 valence electrons. The van der Waals surface area contributed by atoms with Crippen LogP contribution in [0, 0.1) is 6.20 Å². The van der Waals surface area contributed by atoms with E-state index in [0.29, 0.717) is 6.61 Å². The van der Waals surface area contributed by atoms with Crippen LogP contribution in [-0.4, -0.2) is 11.2 Å². The highest BCUT2D eigenvalue weighted by molar-refractivity contribution is 5.87. The highest BCUT2D eigenvalue weighted by atomic mass is 19.2. The lowest BCUT2D eigenvalue weighted by Crippen LogP contribution is -2.27. The van der Waals surface area contributed by atoms with E-state index in [2.05, 4.69) is 16.7 Å². The summed E-state index contributed by atoms with van der Waals surface area (Å²) >= 11 is 0. The molecule has 1 heterocycles. The van der Waals surface area contributed by atoms with Gasteiger partial charge in [-0.25, -0.2) is 0 Å². The maximum absolute atomic E-state index is 12.5. The van der Waals surface area contributed by atoms with Gasteiger partial charge in [-0.2, -0.15) is 0 Å². The molecule has 4 nitrogen and oxygen atoms in total. The molecule has 0 fully saturated rings. The molecule has 0 aliphatic carbocycles. The van der Waals surface area contributed by atoms with E-state index in [0.717, 1.165) is 5.56 Å². The van der Waals surface area contributed by atoms with Gasteiger partial charge in [0, 0.05) is 6.08 Å². The van der Waals surface area contributed by atoms with Crippen LogP contribution in [0.4, 0.5) is 4.48 Å². The molecule has 0 aromatic heterocycles. The van der Waals surface area contributed by atoms with Crippen molar-refractivity contribution in [1.29, 1.82) is 0 Å². The van der Waals surface area contributed by atoms with Crippen molar-refractivity contribution in [1.82, 2.24) is 10.8 Å². The molecule has 2 rings (SSSR count). The van der Waals surface area contributed by atoms with Crippen molar-refractivity contribution < 1.29 is 9.22 Å². The van der Waals surface area contributed by atoms with Crippen LogP contribution in [0.2, 0.25) is 0 Å². The van der Waals surface area contributed by atoms with Crippen LogP contribution in [0.5, 0.6) is 0 Å². The Balaban J connectivity index is 1.91. The van der Waals surface area contributed by atoms with Crippen LogP contribution >= 0.6 is 0 Å². The molecule has 0 atom stereocenters. The van der Waals surface area contributed by atoms with Gasteiger partial charge in [-0.1, -0.05) is 39.9 Å². The van der Waals surface area contributed by atoms with Crippen molar-refractivity contribution in [3.8, 4) is 0 Å². The zero-order chi connectivity index (χ0) is 10.5. The lowest BCUT2D eigenvalue weighted by Gasteiger charge is -2.12. The number of rotatable bonds is 2. The molecule has 0 unspecified atom stereocenters. The van der Waals surface area contributed by atoms with Crippen molar-refractivity contribution in [3.63, 3.8) is 0 Å². The molecule has 1 aromatic rings. The average molecular weight is 206 g/mol. The number of ether oxygens (including phenoxy) is 1. The molecule has 0 saturated carbocycles. The van der Waals surface area contributed by atoms with Crippen LogP contribution < -0.4 is 5.43 Å². The smallest absolute Gasteiger partial charge is 0.238 e. The van der Waals surface area contributed by atoms with Gasteiger partial charge in [-0.05, 0) is 10.9 Å². The van der Waals surface area contributed by atoms with E-state index in [1.54, 1.807) is 0 Å². The van der Waals surface area contributed by atoms with Gasteiger partial charge < -0.3 is 4.74 Å². The normalized spacial score (nSPS) is 14.5.